The van der Waals surface area contributed by atoms with Gasteiger partial charge in [-0.15, -0.1) is 0 Å². The molecular formula is C12H16FNO5S. The normalized spacial score (nSPS) is 12.1. The Kier molecular flexibility index (Phi) is 4.40. The van der Waals surface area contributed by atoms with Crippen LogP contribution in [-0.2, 0) is 14.8 Å². The van der Waals surface area contributed by atoms with E-state index in [1.165, 1.54) is 0 Å². The van der Waals surface area contributed by atoms with Crippen molar-refractivity contribution in [2.24, 2.45) is 5.14 Å². The number of rotatable bonds is 3. The van der Waals surface area contributed by atoms with Gasteiger partial charge in [0.25, 0.3) is 0 Å². The van der Waals surface area contributed by atoms with E-state index in [0.717, 1.165) is 19.2 Å². The van der Waals surface area contributed by atoms with Crippen LogP contribution < -0.4 is 9.88 Å². The van der Waals surface area contributed by atoms with Crippen LogP contribution >= 0.6 is 0 Å². The van der Waals surface area contributed by atoms with Crippen molar-refractivity contribution in [3.8, 4) is 5.75 Å². The number of halogens is 1. The molecule has 0 saturated carbocycles. The first kappa shape index (κ1) is 16.4. The zero-order chi connectivity index (χ0) is 15.7. The minimum absolute atomic E-state index is 0.262. The Balaban J connectivity index is 3.39. The van der Waals surface area contributed by atoms with Crippen LogP contribution in [0.4, 0.5) is 4.39 Å². The highest BCUT2D eigenvalue weighted by atomic mass is 32.2. The molecule has 1 aromatic carbocycles. The van der Waals surface area contributed by atoms with Crippen molar-refractivity contribution >= 4 is 16.0 Å². The summed E-state index contributed by atoms with van der Waals surface area (Å²) in [6, 6.07) is 1.76. The van der Waals surface area contributed by atoms with E-state index >= 15 is 0 Å². The molecule has 0 saturated heterocycles. The van der Waals surface area contributed by atoms with E-state index in [0.29, 0.717) is 0 Å². The number of carbonyl (C=O) groups is 1. The fraction of sp³-hybridized carbons (Fsp3) is 0.417. The number of methoxy groups -OCH3 is 1. The Morgan fingerprint density at radius 1 is 1.30 bits per heavy atom. The molecule has 20 heavy (non-hydrogen) atoms. The zero-order valence-electron chi connectivity index (χ0n) is 11.6. The topological polar surface area (TPSA) is 95.7 Å². The minimum Gasteiger partial charge on any atom is -0.492 e. The third-order valence-electron chi connectivity index (χ3n) is 2.15. The molecule has 1 rings (SSSR count). The molecule has 0 unspecified atom stereocenters. The van der Waals surface area contributed by atoms with Gasteiger partial charge >= 0.3 is 5.97 Å². The molecule has 0 radical (unpaired) electrons. The van der Waals surface area contributed by atoms with Crippen molar-refractivity contribution in [3.63, 3.8) is 0 Å². The second-order valence-corrected chi connectivity index (χ2v) is 6.57. The van der Waals surface area contributed by atoms with Gasteiger partial charge < -0.3 is 9.47 Å². The average molecular weight is 305 g/mol. The maximum atomic E-state index is 13.8. The number of sulfonamides is 1. The summed E-state index contributed by atoms with van der Waals surface area (Å²) in [6.07, 6.45) is 0. The maximum absolute atomic E-state index is 13.8. The van der Waals surface area contributed by atoms with Gasteiger partial charge in [-0.1, -0.05) is 0 Å². The standard InChI is InChI=1S/C12H16FNO5S/c1-12(2,3)19-11(15)7-5-8(13)10(18-4)9(6-7)20(14,16)17/h5-6H,1-4H3,(H2,14,16,17). The maximum Gasteiger partial charge on any atom is 0.338 e. The van der Waals surface area contributed by atoms with Crippen molar-refractivity contribution < 1.29 is 27.1 Å². The van der Waals surface area contributed by atoms with E-state index in [1.54, 1.807) is 20.8 Å². The molecule has 0 aliphatic heterocycles. The smallest absolute Gasteiger partial charge is 0.338 e. The van der Waals surface area contributed by atoms with Gasteiger partial charge in [-0.05, 0) is 32.9 Å². The lowest BCUT2D eigenvalue weighted by Gasteiger charge is -2.20. The number of hydrogen-bond donors (Lipinski definition) is 1. The highest BCUT2D eigenvalue weighted by Gasteiger charge is 2.25. The Hall–Kier alpha value is -1.67. The molecule has 2 N–H and O–H groups in total. The van der Waals surface area contributed by atoms with Crippen molar-refractivity contribution in [2.45, 2.75) is 31.3 Å². The van der Waals surface area contributed by atoms with E-state index in [-0.39, 0.29) is 5.56 Å². The summed E-state index contributed by atoms with van der Waals surface area (Å²) in [5.74, 6) is -2.41. The predicted molar refractivity (Wildman–Crippen MR) is 69.5 cm³/mol. The van der Waals surface area contributed by atoms with Gasteiger partial charge in [-0.3, -0.25) is 0 Å². The summed E-state index contributed by atoms with van der Waals surface area (Å²) in [5.41, 5.74) is -1.06. The third kappa shape index (κ3) is 3.91. The van der Waals surface area contributed by atoms with Crippen LogP contribution in [0.2, 0.25) is 0 Å². The summed E-state index contributed by atoms with van der Waals surface area (Å²) >= 11 is 0. The molecule has 0 heterocycles. The molecular weight excluding hydrogens is 289 g/mol. The number of carbonyl (C=O) groups excluding carboxylic acids is 1. The van der Waals surface area contributed by atoms with Crippen LogP contribution in [0.15, 0.2) is 17.0 Å². The summed E-state index contributed by atoms with van der Waals surface area (Å²) in [7, 11) is -3.14. The summed E-state index contributed by atoms with van der Waals surface area (Å²) in [4.78, 5) is 11.2. The lowest BCUT2D eigenvalue weighted by molar-refractivity contribution is 0.00686. The van der Waals surface area contributed by atoms with Gasteiger partial charge in [-0.2, -0.15) is 0 Å². The van der Waals surface area contributed by atoms with Crippen molar-refractivity contribution in [2.75, 3.05) is 7.11 Å². The van der Waals surface area contributed by atoms with Crippen molar-refractivity contribution in [1.82, 2.24) is 0 Å². The van der Waals surface area contributed by atoms with Gasteiger partial charge in [0.05, 0.1) is 12.7 Å². The van der Waals surface area contributed by atoms with Gasteiger partial charge in [0.1, 0.15) is 10.5 Å². The van der Waals surface area contributed by atoms with Crippen molar-refractivity contribution in [1.29, 1.82) is 0 Å². The second kappa shape index (κ2) is 5.37. The fourth-order valence-electron chi connectivity index (χ4n) is 1.43. The molecule has 0 spiro atoms. The third-order valence-corrected chi connectivity index (χ3v) is 3.07. The molecule has 6 nitrogen and oxygen atoms in total. The van der Waals surface area contributed by atoms with Crippen LogP contribution in [0.3, 0.4) is 0 Å². The largest absolute Gasteiger partial charge is 0.492 e. The SMILES string of the molecule is COc1c(F)cc(C(=O)OC(C)(C)C)cc1S(N)(=O)=O. The lowest BCUT2D eigenvalue weighted by atomic mass is 10.1. The first-order valence-electron chi connectivity index (χ1n) is 5.59. The van der Waals surface area contributed by atoms with Gasteiger partial charge in [0, 0.05) is 0 Å². The summed E-state index contributed by atoms with van der Waals surface area (Å²) < 4.78 is 46.3. The molecule has 0 amide bonds. The Morgan fingerprint density at radius 3 is 2.25 bits per heavy atom. The van der Waals surface area contributed by atoms with Crippen LogP contribution in [0, 0.1) is 5.82 Å². The Morgan fingerprint density at radius 2 is 1.85 bits per heavy atom. The average Bonchev–Trinajstić information content (AvgIpc) is 2.24. The quantitative estimate of drug-likeness (QED) is 0.852. The number of primary sulfonamides is 1. The number of hydrogen-bond acceptors (Lipinski definition) is 5. The van der Waals surface area contributed by atoms with E-state index in [9.17, 15) is 17.6 Å². The fourth-order valence-corrected chi connectivity index (χ4v) is 2.16. The minimum atomic E-state index is -4.24. The van der Waals surface area contributed by atoms with Gasteiger partial charge in [0.2, 0.25) is 10.0 Å². The first-order valence-corrected chi connectivity index (χ1v) is 7.14. The predicted octanol–water partition coefficient (Wildman–Crippen LogP) is 1.44. The lowest BCUT2D eigenvalue weighted by Crippen LogP contribution is -2.24. The molecule has 8 heteroatoms. The molecule has 1 aromatic rings. The molecule has 0 aliphatic carbocycles. The molecule has 0 fully saturated rings. The van der Waals surface area contributed by atoms with Gasteiger partial charge in [-0.25, -0.2) is 22.7 Å². The van der Waals surface area contributed by atoms with Crippen LogP contribution in [0.25, 0.3) is 0 Å². The van der Waals surface area contributed by atoms with E-state index < -0.39 is 38.1 Å². The van der Waals surface area contributed by atoms with Crippen LogP contribution in [0.5, 0.6) is 5.75 Å². The first-order chi connectivity index (χ1) is 8.95. The monoisotopic (exact) mass is 305 g/mol. The van der Waals surface area contributed by atoms with Crippen LogP contribution in [0.1, 0.15) is 31.1 Å². The second-order valence-electron chi connectivity index (χ2n) is 5.04. The van der Waals surface area contributed by atoms with E-state index in [4.69, 9.17) is 9.88 Å². The van der Waals surface area contributed by atoms with E-state index in [1.807, 2.05) is 0 Å². The number of esters is 1. The van der Waals surface area contributed by atoms with E-state index in [2.05, 4.69) is 4.74 Å². The summed E-state index contributed by atoms with van der Waals surface area (Å²) in [6.45, 7) is 4.89. The van der Waals surface area contributed by atoms with Gasteiger partial charge in [0.15, 0.2) is 11.6 Å². The highest BCUT2D eigenvalue weighted by molar-refractivity contribution is 7.89. The van der Waals surface area contributed by atoms with Crippen LogP contribution in [-0.4, -0.2) is 27.1 Å². The highest BCUT2D eigenvalue weighted by Crippen LogP contribution is 2.28. The number of nitrogens with two attached hydrogens (primary N) is 1. The van der Waals surface area contributed by atoms with Crippen molar-refractivity contribution in [3.05, 3.63) is 23.5 Å². The zero-order valence-corrected chi connectivity index (χ0v) is 12.4. The summed E-state index contributed by atoms with van der Waals surface area (Å²) in [5, 5.41) is 4.97. The molecule has 0 aromatic heterocycles. The molecule has 0 aliphatic rings. The molecule has 112 valence electrons. The Bertz CT molecular complexity index is 634. The molecule has 0 atom stereocenters. The Labute approximate surface area is 116 Å². The molecule has 0 bridgehead atoms. The number of benzene rings is 1. The number of ether oxygens (including phenoxy) is 2.